The lowest BCUT2D eigenvalue weighted by Gasteiger charge is -2.18. The third-order valence-corrected chi connectivity index (χ3v) is 10.4. The molecule has 0 fully saturated rings. The second-order valence-corrected chi connectivity index (χ2v) is 17.7. The minimum atomic E-state index is -0.221. The predicted octanol–water partition coefficient (Wildman–Crippen LogP) is 12.3. The van der Waals surface area contributed by atoms with Crippen LogP contribution >= 0.6 is 0 Å². The van der Waals surface area contributed by atoms with Gasteiger partial charge in [-0.3, -0.25) is 4.79 Å². The summed E-state index contributed by atoms with van der Waals surface area (Å²) in [5, 5.41) is 0. The lowest BCUT2D eigenvalue weighted by Crippen LogP contribution is -2.20. The van der Waals surface area contributed by atoms with Gasteiger partial charge in [0, 0.05) is 18.6 Å². The largest absolute Gasteiger partial charge is 0.463 e. The summed E-state index contributed by atoms with van der Waals surface area (Å²) < 4.78 is 16.9. The van der Waals surface area contributed by atoms with Gasteiger partial charge in [0.15, 0.2) is 0 Å². The number of carbonyl (C=O) groups excluding carboxylic acids is 3. The van der Waals surface area contributed by atoms with Crippen LogP contribution in [0.15, 0.2) is 24.3 Å². The van der Waals surface area contributed by atoms with Crippen LogP contribution in [0.4, 0.5) is 0 Å². The molecule has 0 rings (SSSR count). The molecule has 0 spiro atoms. The number of esters is 3. The number of nitrogens with zero attached hydrogens (tertiary/aromatic N) is 1. The molecule has 0 aromatic heterocycles. The standard InChI is InChI=1S/C47H87NO6/c1-38(2)27-29-42(40(5)6)31-33-45(49)52-36-21-17-13-11-15-19-24-44(54-47(51)26-23-35-48(9)10)25-20-16-12-14-18-22-37-53-46(50)34-32-43(41(7)8)30-28-39(3)4/h31-34,38-44H,11-30,35-37H2,1-10H3. The minimum absolute atomic E-state index is 0.00174. The van der Waals surface area contributed by atoms with E-state index in [2.05, 4.69) is 60.3 Å². The highest BCUT2D eigenvalue weighted by Crippen LogP contribution is 2.23. The van der Waals surface area contributed by atoms with E-state index in [1.807, 2.05) is 26.2 Å². The van der Waals surface area contributed by atoms with Gasteiger partial charge in [0.1, 0.15) is 6.10 Å². The van der Waals surface area contributed by atoms with Crippen molar-refractivity contribution in [3.63, 3.8) is 0 Å². The number of rotatable bonds is 35. The number of hydrogen-bond donors (Lipinski definition) is 0. The summed E-state index contributed by atoms with van der Waals surface area (Å²) in [6, 6.07) is 0. The van der Waals surface area contributed by atoms with Gasteiger partial charge in [-0.15, -0.1) is 0 Å². The fourth-order valence-electron chi connectivity index (χ4n) is 6.61. The average molecular weight is 762 g/mol. The Balaban J connectivity index is 4.32. The van der Waals surface area contributed by atoms with Crippen LogP contribution in [0.2, 0.25) is 0 Å². The second-order valence-electron chi connectivity index (χ2n) is 17.7. The first-order valence-electron chi connectivity index (χ1n) is 22.2. The molecule has 0 bridgehead atoms. The van der Waals surface area contributed by atoms with Gasteiger partial charge in [-0.1, -0.05) is 132 Å². The van der Waals surface area contributed by atoms with Crippen LogP contribution in [0, 0.1) is 35.5 Å². The lowest BCUT2D eigenvalue weighted by atomic mass is 9.88. The summed E-state index contributed by atoms with van der Waals surface area (Å²) >= 11 is 0. The maximum absolute atomic E-state index is 12.6. The van der Waals surface area contributed by atoms with E-state index in [-0.39, 0.29) is 24.0 Å². The zero-order valence-corrected chi connectivity index (χ0v) is 37.0. The second kappa shape index (κ2) is 34.1. The SMILES string of the molecule is CC(C)CCC(C=CC(=O)OCCCCCCCCC(CCCCCCCCOC(=O)C=CC(CCC(C)C)C(C)C)OC(=O)CCCN(C)C)C(C)C. The highest BCUT2D eigenvalue weighted by molar-refractivity contribution is 5.82. The molecule has 7 nitrogen and oxygen atoms in total. The molecule has 0 radical (unpaired) electrons. The van der Waals surface area contributed by atoms with Crippen molar-refractivity contribution in [1.29, 1.82) is 0 Å². The van der Waals surface area contributed by atoms with E-state index >= 15 is 0 Å². The average Bonchev–Trinajstić information content (AvgIpc) is 3.09. The van der Waals surface area contributed by atoms with E-state index in [0.29, 0.717) is 55.1 Å². The van der Waals surface area contributed by atoms with E-state index < -0.39 is 0 Å². The Morgan fingerprint density at radius 1 is 0.500 bits per heavy atom. The Morgan fingerprint density at radius 2 is 0.889 bits per heavy atom. The number of carbonyl (C=O) groups is 3. The van der Waals surface area contributed by atoms with Gasteiger partial charge >= 0.3 is 17.9 Å². The Kier molecular flexibility index (Phi) is 32.8. The fourth-order valence-corrected chi connectivity index (χ4v) is 6.61. The van der Waals surface area contributed by atoms with Crippen LogP contribution in [0.1, 0.15) is 184 Å². The molecule has 0 aromatic carbocycles. The van der Waals surface area contributed by atoms with Gasteiger partial charge in [-0.05, 0) is 114 Å². The van der Waals surface area contributed by atoms with Crippen LogP contribution in [-0.4, -0.2) is 62.8 Å². The predicted molar refractivity (Wildman–Crippen MR) is 227 cm³/mol. The van der Waals surface area contributed by atoms with E-state index in [9.17, 15) is 14.4 Å². The number of unbranched alkanes of at least 4 members (excludes halogenated alkanes) is 10. The van der Waals surface area contributed by atoms with Crippen molar-refractivity contribution in [3.8, 4) is 0 Å². The molecule has 0 amide bonds. The first-order chi connectivity index (χ1) is 25.7. The van der Waals surface area contributed by atoms with Gasteiger partial charge < -0.3 is 19.1 Å². The lowest BCUT2D eigenvalue weighted by molar-refractivity contribution is -0.150. The number of allylic oxidation sites excluding steroid dienone is 2. The molecule has 0 aliphatic rings. The minimum Gasteiger partial charge on any atom is -0.463 e. The summed E-state index contributed by atoms with van der Waals surface area (Å²) in [6.45, 7) is 19.7. The van der Waals surface area contributed by atoms with Crippen LogP contribution in [0.3, 0.4) is 0 Å². The molecule has 0 heterocycles. The van der Waals surface area contributed by atoms with Crippen LogP contribution in [-0.2, 0) is 28.6 Å². The Bertz CT molecular complexity index is 921. The molecule has 0 N–H and O–H groups in total. The maximum Gasteiger partial charge on any atom is 0.330 e. The van der Waals surface area contributed by atoms with E-state index in [0.717, 1.165) is 116 Å². The highest BCUT2D eigenvalue weighted by atomic mass is 16.5. The number of ether oxygens (including phenoxy) is 3. The zero-order valence-electron chi connectivity index (χ0n) is 37.0. The van der Waals surface area contributed by atoms with E-state index in [4.69, 9.17) is 14.2 Å². The third kappa shape index (κ3) is 33.2. The van der Waals surface area contributed by atoms with Crippen molar-refractivity contribution < 1.29 is 28.6 Å². The number of hydrogen-bond acceptors (Lipinski definition) is 7. The summed E-state index contributed by atoms with van der Waals surface area (Å²) in [7, 11) is 4.05. The van der Waals surface area contributed by atoms with Crippen molar-refractivity contribution in [2.24, 2.45) is 35.5 Å². The van der Waals surface area contributed by atoms with Crippen molar-refractivity contribution in [1.82, 2.24) is 4.90 Å². The van der Waals surface area contributed by atoms with Crippen LogP contribution in [0.5, 0.6) is 0 Å². The summed E-state index contributed by atoms with van der Waals surface area (Å²) in [6.07, 6.45) is 27.9. The van der Waals surface area contributed by atoms with Crippen LogP contribution < -0.4 is 0 Å². The Hall–Kier alpha value is -2.15. The summed E-state index contributed by atoms with van der Waals surface area (Å²) in [4.78, 5) is 39.1. The van der Waals surface area contributed by atoms with E-state index in [1.54, 1.807) is 12.2 Å². The quantitative estimate of drug-likeness (QED) is 0.0275. The highest BCUT2D eigenvalue weighted by Gasteiger charge is 2.15. The third-order valence-electron chi connectivity index (χ3n) is 10.4. The zero-order chi connectivity index (χ0) is 40.6. The van der Waals surface area contributed by atoms with Gasteiger partial charge in [-0.2, -0.15) is 0 Å². The molecule has 0 aliphatic heterocycles. The fraction of sp³-hybridized carbons (Fsp3) is 0.851. The molecule has 0 aromatic rings. The normalized spacial score (nSPS) is 13.9. The molecule has 2 atom stereocenters. The monoisotopic (exact) mass is 762 g/mol. The molecule has 316 valence electrons. The van der Waals surface area contributed by atoms with Gasteiger partial charge in [0.05, 0.1) is 13.2 Å². The molecule has 0 saturated carbocycles. The molecule has 2 unspecified atom stereocenters. The van der Waals surface area contributed by atoms with Crippen molar-refractivity contribution in [2.45, 2.75) is 190 Å². The topological polar surface area (TPSA) is 82.1 Å². The Labute approximate surface area is 334 Å². The van der Waals surface area contributed by atoms with Crippen LogP contribution in [0.25, 0.3) is 0 Å². The molecular formula is C47H87NO6. The van der Waals surface area contributed by atoms with Gasteiger partial charge in [0.2, 0.25) is 0 Å². The molecule has 54 heavy (non-hydrogen) atoms. The van der Waals surface area contributed by atoms with Gasteiger partial charge in [-0.25, -0.2) is 9.59 Å². The summed E-state index contributed by atoms with van der Waals surface area (Å²) in [5.74, 6) is 2.71. The first-order valence-corrected chi connectivity index (χ1v) is 22.2. The van der Waals surface area contributed by atoms with Crippen molar-refractivity contribution >= 4 is 17.9 Å². The molecule has 0 saturated heterocycles. The maximum atomic E-state index is 12.6. The van der Waals surface area contributed by atoms with Crippen molar-refractivity contribution in [2.75, 3.05) is 33.9 Å². The van der Waals surface area contributed by atoms with E-state index in [1.165, 1.54) is 12.8 Å². The molecule has 0 aliphatic carbocycles. The van der Waals surface area contributed by atoms with Crippen molar-refractivity contribution in [3.05, 3.63) is 24.3 Å². The van der Waals surface area contributed by atoms with Gasteiger partial charge in [0.25, 0.3) is 0 Å². The molecule has 7 heteroatoms. The first kappa shape index (κ1) is 51.9. The summed E-state index contributed by atoms with van der Waals surface area (Å²) in [5.41, 5.74) is 0. The Morgan fingerprint density at radius 3 is 1.26 bits per heavy atom. The smallest absolute Gasteiger partial charge is 0.330 e. The molecular weight excluding hydrogens is 675 g/mol.